The van der Waals surface area contributed by atoms with E-state index in [2.05, 4.69) is 35.2 Å². The zero-order valence-electron chi connectivity index (χ0n) is 15.3. The molecular formula is C22H31NO2. The summed E-state index contributed by atoms with van der Waals surface area (Å²) in [4.78, 5) is 14.8. The molecule has 3 aliphatic rings. The molecule has 0 aromatic heterocycles. The zero-order chi connectivity index (χ0) is 17.1. The van der Waals surface area contributed by atoms with Gasteiger partial charge in [-0.15, -0.1) is 0 Å². The molecule has 2 aliphatic heterocycles. The first-order chi connectivity index (χ1) is 12.2. The molecule has 3 heteroatoms. The average Bonchev–Trinajstić information content (AvgIpc) is 3.18. The lowest BCUT2D eigenvalue weighted by molar-refractivity contribution is -0.150. The van der Waals surface area contributed by atoms with E-state index < -0.39 is 0 Å². The third-order valence-electron chi connectivity index (χ3n) is 6.65. The van der Waals surface area contributed by atoms with Crippen LogP contribution in [0.4, 0.5) is 0 Å². The molecule has 1 unspecified atom stereocenters. The number of piperidine rings is 1. The summed E-state index contributed by atoms with van der Waals surface area (Å²) in [6.45, 7) is 2.68. The first-order valence-corrected chi connectivity index (χ1v) is 10.2. The van der Waals surface area contributed by atoms with E-state index in [1.54, 1.807) is 0 Å². The highest BCUT2D eigenvalue weighted by molar-refractivity contribution is 5.79. The van der Waals surface area contributed by atoms with E-state index in [4.69, 9.17) is 4.74 Å². The minimum atomic E-state index is 0.0319. The minimum absolute atomic E-state index is 0.0319. The van der Waals surface area contributed by atoms with Crippen molar-refractivity contribution in [3.63, 3.8) is 0 Å². The molecule has 1 atom stereocenters. The maximum Gasteiger partial charge on any atom is 0.225 e. The summed E-state index contributed by atoms with van der Waals surface area (Å²) in [5.41, 5.74) is 1.47. The van der Waals surface area contributed by atoms with E-state index >= 15 is 0 Å². The largest absolute Gasteiger partial charge is 0.375 e. The van der Waals surface area contributed by atoms with Crippen LogP contribution in [0.2, 0.25) is 0 Å². The second-order valence-electron chi connectivity index (χ2n) is 8.39. The fourth-order valence-electron chi connectivity index (χ4n) is 5.16. The average molecular weight is 341 g/mol. The molecule has 1 aromatic carbocycles. The van der Waals surface area contributed by atoms with Gasteiger partial charge < -0.3 is 9.64 Å². The summed E-state index contributed by atoms with van der Waals surface area (Å²) in [6, 6.07) is 10.8. The highest BCUT2D eigenvalue weighted by Crippen LogP contribution is 2.39. The summed E-state index contributed by atoms with van der Waals surface area (Å²) in [5.74, 6) is 1.45. The minimum Gasteiger partial charge on any atom is -0.375 e. The van der Waals surface area contributed by atoms with Crippen molar-refractivity contribution in [3.05, 3.63) is 35.9 Å². The van der Waals surface area contributed by atoms with Gasteiger partial charge in [0.15, 0.2) is 0 Å². The van der Waals surface area contributed by atoms with Gasteiger partial charge in [0.2, 0.25) is 5.91 Å². The Balaban J connectivity index is 1.33. The van der Waals surface area contributed by atoms with Gasteiger partial charge in [-0.25, -0.2) is 0 Å². The molecule has 0 bridgehead atoms. The molecule has 136 valence electrons. The molecule has 2 saturated heterocycles. The van der Waals surface area contributed by atoms with Crippen molar-refractivity contribution < 1.29 is 9.53 Å². The number of hydrogen-bond donors (Lipinski definition) is 0. The number of likely N-dealkylation sites (tertiary alicyclic amines) is 1. The van der Waals surface area contributed by atoms with Crippen molar-refractivity contribution in [2.75, 3.05) is 19.7 Å². The molecule has 0 radical (unpaired) electrons. The van der Waals surface area contributed by atoms with E-state index in [1.807, 2.05) is 0 Å². The van der Waals surface area contributed by atoms with E-state index in [0.717, 1.165) is 58.2 Å². The predicted molar refractivity (Wildman–Crippen MR) is 99.3 cm³/mol. The molecule has 3 fully saturated rings. The maximum atomic E-state index is 12.7. The number of benzene rings is 1. The Hall–Kier alpha value is -1.35. The van der Waals surface area contributed by atoms with Crippen LogP contribution < -0.4 is 0 Å². The zero-order valence-corrected chi connectivity index (χ0v) is 15.3. The highest BCUT2D eigenvalue weighted by atomic mass is 16.5. The Labute approximate surface area is 151 Å². The number of hydrogen-bond acceptors (Lipinski definition) is 2. The van der Waals surface area contributed by atoms with Crippen LogP contribution in [0, 0.1) is 11.8 Å². The van der Waals surface area contributed by atoms with Crippen LogP contribution >= 0.6 is 0 Å². The van der Waals surface area contributed by atoms with Crippen molar-refractivity contribution >= 4 is 5.91 Å². The highest BCUT2D eigenvalue weighted by Gasteiger charge is 2.42. The Kier molecular flexibility index (Phi) is 5.12. The molecule has 1 saturated carbocycles. The molecule has 3 nitrogen and oxygen atoms in total. The van der Waals surface area contributed by atoms with Crippen molar-refractivity contribution in [1.29, 1.82) is 0 Å². The van der Waals surface area contributed by atoms with Crippen molar-refractivity contribution in [1.82, 2.24) is 4.90 Å². The molecule has 0 N–H and O–H groups in total. The van der Waals surface area contributed by atoms with Gasteiger partial charge in [-0.2, -0.15) is 0 Å². The summed E-state index contributed by atoms with van der Waals surface area (Å²) < 4.78 is 6.29. The second-order valence-corrected chi connectivity index (χ2v) is 8.39. The monoisotopic (exact) mass is 341 g/mol. The number of amides is 1. The van der Waals surface area contributed by atoms with E-state index in [-0.39, 0.29) is 5.60 Å². The van der Waals surface area contributed by atoms with E-state index in [1.165, 1.54) is 24.8 Å². The van der Waals surface area contributed by atoms with Crippen LogP contribution in [0.3, 0.4) is 0 Å². The smallest absolute Gasteiger partial charge is 0.225 e. The van der Waals surface area contributed by atoms with Crippen LogP contribution in [0.1, 0.15) is 56.9 Å². The molecule has 1 spiro atoms. The summed E-state index contributed by atoms with van der Waals surface area (Å²) >= 11 is 0. The van der Waals surface area contributed by atoms with Crippen LogP contribution in [0.25, 0.3) is 0 Å². The maximum absolute atomic E-state index is 12.7. The van der Waals surface area contributed by atoms with Gasteiger partial charge in [0.05, 0.1) is 5.60 Å². The van der Waals surface area contributed by atoms with Crippen LogP contribution in [0.15, 0.2) is 30.3 Å². The second kappa shape index (κ2) is 7.49. The van der Waals surface area contributed by atoms with Crippen LogP contribution in [-0.4, -0.2) is 36.1 Å². The quantitative estimate of drug-likeness (QED) is 0.824. The Morgan fingerprint density at radius 2 is 1.80 bits per heavy atom. The third-order valence-corrected chi connectivity index (χ3v) is 6.65. The van der Waals surface area contributed by atoms with Gasteiger partial charge in [0, 0.05) is 25.6 Å². The molecule has 4 rings (SSSR count). The Bertz CT molecular complexity index is 571. The lowest BCUT2D eigenvalue weighted by Crippen LogP contribution is -2.51. The van der Waals surface area contributed by atoms with Crippen molar-refractivity contribution in [2.45, 2.75) is 63.4 Å². The number of ether oxygens (including phenoxy) is 1. The van der Waals surface area contributed by atoms with E-state index in [9.17, 15) is 4.79 Å². The summed E-state index contributed by atoms with van der Waals surface area (Å²) in [5, 5.41) is 0. The lowest BCUT2D eigenvalue weighted by Gasteiger charge is -2.46. The molecule has 2 heterocycles. The fraction of sp³-hybridized carbons (Fsp3) is 0.682. The Morgan fingerprint density at radius 3 is 2.52 bits per heavy atom. The normalized spacial score (nSPS) is 26.9. The van der Waals surface area contributed by atoms with Gasteiger partial charge in [0.25, 0.3) is 0 Å². The van der Waals surface area contributed by atoms with Gasteiger partial charge in [-0.1, -0.05) is 43.2 Å². The standard InChI is InChI=1S/C22H31NO2/c24-21(20-8-4-5-9-20)23-13-11-22(12-14-23)17-19(10-15-25-22)16-18-6-2-1-3-7-18/h1-3,6-7,19-20H,4-5,8-17H2. The fourth-order valence-corrected chi connectivity index (χ4v) is 5.16. The van der Waals surface area contributed by atoms with Gasteiger partial charge in [-0.05, 0) is 56.4 Å². The first-order valence-electron chi connectivity index (χ1n) is 10.2. The molecular weight excluding hydrogens is 310 g/mol. The molecule has 1 aliphatic carbocycles. The van der Waals surface area contributed by atoms with Gasteiger partial charge >= 0.3 is 0 Å². The number of nitrogens with zero attached hydrogens (tertiary/aromatic N) is 1. The number of carbonyl (C=O) groups is 1. The van der Waals surface area contributed by atoms with Gasteiger partial charge in [0.1, 0.15) is 0 Å². The topological polar surface area (TPSA) is 29.5 Å². The van der Waals surface area contributed by atoms with E-state index in [0.29, 0.717) is 17.7 Å². The van der Waals surface area contributed by atoms with Crippen molar-refractivity contribution in [2.24, 2.45) is 11.8 Å². The van der Waals surface area contributed by atoms with Crippen molar-refractivity contribution in [3.8, 4) is 0 Å². The number of carbonyl (C=O) groups excluding carboxylic acids is 1. The first kappa shape index (κ1) is 17.1. The summed E-state index contributed by atoms with van der Waals surface area (Å²) in [7, 11) is 0. The lowest BCUT2D eigenvalue weighted by atomic mass is 9.77. The van der Waals surface area contributed by atoms with Gasteiger partial charge in [-0.3, -0.25) is 4.79 Å². The number of rotatable bonds is 3. The predicted octanol–water partition coefficient (Wildman–Crippen LogP) is 4.21. The SMILES string of the molecule is O=C(C1CCCC1)N1CCC2(CC1)CC(Cc1ccccc1)CCO2. The molecule has 25 heavy (non-hydrogen) atoms. The molecule has 1 amide bonds. The third kappa shape index (κ3) is 3.92. The van der Waals surface area contributed by atoms with Crippen LogP contribution in [0.5, 0.6) is 0 Å². The van der Waals surface area contributed by atoms with Crippen LogP contribution in [-0.2, 0) is 16.0 Å². The Morgan fingerprint density at radius 1 is 1.08 bits per heavy atom. The summed E-state index contributed by atoms with van der Waals surface area (Å²) in [6.07, 6.45) is 10.2. The molecule has 1 aromatic rings.